The van der Waals surface area contributed by atoms with E-state index in [1.165, 1.54) is 0 Å². The van der Waals surface area contributed by atoms with E-state index in [2.05, 4.69) is 0 Å². The van der Waals surface area contributed by atoms with Gasteiger partial charge in [0.2, 0.25) is 0 Å². The SMILES string of the molecule is COCC[C@@H]1CO[C@@H]2CN(C(=O)c3cc(F)cc(F)c3)C[C@H]12. The minimum atomic E-state index is -0.739. The molecule has 2 aliphatic heterocycles. The number of nitrogens with zero attached hydrogens (tertiary/aromatic N) is 1. The lowest BCUT2D eigenvalue weighted by molar-refractivity contribution is 0.0665. The first-order valence-corrected chi connectivity index (χ1v) is 7.44. The topological polar surface area (TPSA) is 38.8 Å². The summed E-state index contributed by atoms with van der Waals surface area (Å²) in [5.74, 6) is -1.18. The van der Waals surface area contributed by atoms with E-state index in [4.69, 9.17) is 9.47 Å². The summed E-state index contributed by atoms with van der Waals surface area (Å²) in [4.78, 5) is 14.0. The second kappa shape index (κ2) is 6.30. The number of ether oxygens (including phenoxy) is 2. The predicted octanol–water partition coefficient (Wildman–Crippen LogP) is 2.09. The smallest absolute Gasteiger partial charge is 0.254 e. The molecule has 120 valence electrons. The van der Waals surface area contributed by atoms with Crippen molar-refractivity contribution in [1.82, 2.24) is 4.90 Å². The first kappa shape index (κ1) is 15.4. The molecule has 0 radical (unpaired) electrons. The average Bonchev–Trinajstić information content (AvgIpc) is 3.04. The molecule has 0 spiro atoms. The van der Waals surface area contributed by atoms with E-state index in [-0.39, 0.29) is 23.5 Å². The van der Waals surface area contributed by atoms with Gasteiger partial charge in [-0.25, -0.2) is 8.78 Å². The van der Waals surface area contributed by atoms with Crippen LogP contribution in [-0.2, 0) is 9.47 Å². The maximum Gasteiger partial charge on any atom is 0.254 e. The highest BCUT2D eigenvalue weighted by molar-refractivity contribution is 5.94. The second-order valence-electron chi connectivity index (χ2n) is 5.95. The van der Waals surface area contributed by atoms with E-state index in [1.54, 1.807) is 12.0 Å². The lowest BCUT2D eigenvalue weighted by Gasteiger charge is -2.20. The van der Waals surface area contributed by atoms with Crippen LogP contribution in [0.15, 0.2) is 18.2 Å². The van der Waals surface area contributed by atoms with Crippen molar-refractivity contribution >= 4 is 5.91 Å². The van der Waals surface area contributed by atoms with Crippen LogP contribution in [-0.4, -0.2) is 50.3 Å². The Morgan fingerprint density at radius 2 is 2.05 bits per heavy atom. The summed E-state index contributed by atoms with van der Waals surface area (Å²) >= 11 is 0. The quantitative estimate of drug-likeness (QED) is 0.855. The van der Waals surface area contributed by atoms with Gasteiger partial charge in [0.25, 0.3) is 5.91 Å². The molecule has 2 aliphatic rings. The number of carbonyl (C=O) groups is 1. The molecule has 2 saturated heterocycles. The minimum Gasteiger partial charge on any atom is -0.385 e. The van der Waals surface area contributed by atoms with Crippen LogP contribution in [0, 0.1) is 23.5 Å². The lowest BCUT2D eigenvalue weighted by atomic mass is 9.91. The van der Waals surface area contributed by atoms with Crippen LogP contribution >= 0.6 is 0 Å². The highest BCUT2D eigenvalue weighted by Crippen LogP contribution is 2.36. The molecule has 0 aromatic heterocycles. The Bertz CT molecular complexity index is 546. The van der Waals surface area contributed by atoms with E-state index in [0.29, 0.717) is 32.2 Å². The zero-order chi connectivity index (χ0) is 15.7. The molecule has 0 saturated carbocycles. The van der Waals surface area contributed by atoms with Gasteiger partial charge in [0, 0.05) is 44.4 Å². The Morgan fingerprint density at radius 1 is 1.32 bits per heavy atom. The van der Waals surface area contributed by atoms with E-state index < -0.39 is 11.6 Å². The summed E-state index contributed by atoms with van der Waals surface area (Å²) in [5, 5.41) is 0. The molecule has 1 amide bonds. The monoisotopic (exact) mass is 311 g/mol. The van der Waals surface area contributed by atoms with Crippen molar-refractivity contribution in [3.8, 4) is 0 Å². The Kier molecular flexibility index (Phi) is 4.40. The van der Waals surface area contributed by atoms with Crippen molar-refractivity contribution in [2.24, 2.45) is 11.8 Å². The Balaban J connectivity index is 1.68. The number of carbonyl (C=O) groups excluding carboxylic acids is 1. The summed E-state index contributed by atoms with van der Waals surface area (Å²) in [6, 6.07) is 2.91. The van der Waals surface area contributed by atoms with Crippen LogP contribution in [0.5, 0.6) is 0 Å². The number of hydrogen-bond donors (Lipinski definition) is 0. The molecule has 22 heavy (non-hydrogen) atoms. The molecule has 3 atom stereocenters. The minimum absolute atomic E-state index is 0.0178. The molecule has 1 aromatic carbocycles. The normalized spacial score (nSPS) is 27.2. The first-order chi connectivity index (χ1) is 10.6. The molecule has 0 unspecified atom stereocenters. The van der Waals surface area contributed by atoms with E-state index in [9.17, 15) is 13.6 Å². The van der Waals surface area contributed by atoms with Gasteiger partial charge in [-0.05, 0) is 24.5 Å². The van der Waals surface area contributed by atoms with Crippen molar-refractivity contribution in [1.29, 1.82) is 0 Å². The van der Waals surface area contributed by atoms with E-state index in [0.717, 1.165) is 24.6 Å². The van der Waals surface area contributed by atoms with Crippen LogP contribution in [0.3, 0.4) is 0 Å². The maximum atomic E-state index is 13.3. The molecule has 4 nitrogen and oxygen atoms in total. The molecule has 2 heterocycles. The third-order valence-electron chi connectivity index (χ3n) is 4.53. The van der Waals surface area contributed by atoms with Crippen LogP contribution in [0.4, 0.5) is 8.78 Å². The number of fused-ring (bicyclic) bond motifs is 1. The van der Waals surface area contributed by atoms with Crippen LogP contribution < -0.4 is 0 Å². The Hall–Kier alpha value is -1.53. The Labute approximate surface area is 128 Å². The van der Waals surface area contributed by atoms with Gasteiger partial charge in [-0.2, -0.15) is 0 Å². The van der Waals surface area contributed by atoms with Crippen molar-refractivity contribution in [3.05, 3.63) is 35.4 Å². The maximum absolute atomic E-state index is 13.3. The number of likely N-dealkylation sites (tertiary alicyclic amines) is 1. The number of benzene rings is 1. The highest BCUT2D eigenvalue weighted by atomic mass is 19.1. The van der Waals surface area contributed by atoms with Crippen molar-refractivity contribution in [2.75, 3.05) is 33.4 Å². The lowest BCUT2D eigenvalue weighted by Crippen LogP contribution is -2.31. The molecule has 0 bridgehead atoms. The zero-order valence-corrected chi connectivity index (χ0v) is 12.4. The molecule has 3 rings (SSSR count). The molecule has 2 fully saturated rings. The zero-order valence-electron chi connectivity index (χ0n) is 12.4. The van der Waals surface area contributed by atoms with E-state index >= 15 is 0 Å². The fraction of sp³-hybridized carbons (Fsp3) is 0.562. The summed E-state index contributed by atoms with van der Waals surface area (Å²) in [6.07, 6.45) is 0.915. The van der Waals surface area contributed by atoms with E-state index in [1.807, 2.05) is 0 Å². The molecule has 0 N–H and O–H groups in total. The molecular formula is C16H19F2NO3. The largest absolute Gasteiger partial charge is 0.385 e. The molecular weight excluding hydrogens is 292 g/mol. The number of halogens is 2. The van der Waals surface area contributed by atoms with Crippen molar-refractivity contribution in [2.45, 2.75) is 12.5 Å². The fourth-order valence-electron chi connectivity index (χ4n) is 3.39. The van der Waals surface area contributed by atoms with Gasteiger partial charge in [-0.15, -0.1) is 0 Å². The van der Waals surface area contributed by atoms with Gasteiger partial charge in [0.1, 0.15) is 11.6 Å². The van der Waals surface area contributed by atoms with Crippen LogP contribution in [0.2, 0.25) is 0 Å². The van der Waals surface area contributed by atoms with Crippen molar-refractivity contribution < 1.29 is 23.0 Å². The Morgan fingerprint density at radius 3 is 2.73 bits per heavy atom. The standard InChI is InChI=1S/C16H19F2NO3/c1-21-3-2-10-9-22-15-8-19(7-14(10)15)16(20)11-4-12(17)6-13(18)5-11/h4-6,10,14-15H,2-3,7-9H2,1H3/t10-,14-,15-/m1/s1. The van der Waals surface area contributed by atoms with Gasteiger partial charge < -0.3 is 14.4 Å². The third-order valence-corrected chi connectivity index (χ3v) is 4.53. The van der Waals surface area contributed by atoms with Gasteiger partial charge in [-0.3, -0.25) is 4.79 Å². The number of rotatable bonds is 4. The molecule has 1 aromatic rings. The van der Waals surface area contributed by atoms with Gasteiger partial charge >= 0.3 is 0 Å². The number of methoxy groups -OCH3 is 1. The summed E-state index contributed by atoms with van der Waals surface area (Å²) in [5.41, 5.74) is 0.0471. The summed E-state index contributed by atoms with van der Waals surface area (Å²) < 4.78 is 37.4. The van der Waals surface area contributed by atoms with Crippen LogP contribution in [0.25, 0.3) is 0 Å². The summed E-state index contributed by atoms with van der Waals surface area (Å²) in [7, 11) is 1.66. The number of amides is 1. The third kappa shape index (κ3) is 2.98. The predicted molar refractivity (Wildman–Crippen MR) is 75.5 cm³/mol. The highest BCUT2D eigenvalue weighted by Gasteiger charge is 2.45. The fourth-order valence-corrected chi connectivity index (χ4v) is 3.39. The van der Waals surface area contributed by atoms with Crippen molar-refractivity contribution in [3.63, 3.8) is 0 Å². The number of hydrogen-bond acceptors (Lipinski definition) is 3. The van der Waals surface area contributed by atoms with Crippen LogP contribution in [0.1, 0.15) is 16.8 Å². The van der Waals surface area contributed by atoms with Gasteiger partial charge in [0.15, 0.2) is 0 Å². The average molecular weight is 311 g/mol. The first-order valence-electron chi connectivity index (χ1n) is 7.44. The molecule has 6 heteroatoms. The second-order valence-corrected chi connectivity index (χ2v) is 5.95. The molecule has 0 aliphatic carbocycles. The van der Waals surface area contributed by atoms with Gasteiger partial charge in [-0.1, -0.05) is 0 Å². The van der Waals surface area contributed by atoms with Gasteiger partial charge in [0.05, 0.1) is 12.7 Å². The summed E-state index contributed by atoms with van der Waals surface area (Å²) in [6.45, 7) is 2.40.